The summed E-state index contributed by atoms with van der Waals surface area (Å²) in [5, 5.41) is 21.8. The molecule has 3 rings (SSSR count). The molecule has 3 aromatic rings. The molecule has 1 heterocycles. The number of phenols is 2. The van der Waals surface area contributed by atoms with Crippen molar-refractivity contribution < 1.29 is 10.2 Å². The summed E-state index contributed by atoms with van der Waals surface area (Å²) in [5.41, 5.74) is 1.10. The van der Waals surface area contributed by atoms with Crippen molar-refractivity contribution in [3.05, 3.63) is 29.0 Å². The number of aromatic hydroxyl groups is 2. The summed E-state index contributed by atoms with van der Waals surface area (Å²) in [6, 6.07) is 5.14. The van der Waals surface area contributed by atoms with Gasteiger partial charge in [-0.15, -0.1) is 0 Å². The standard InChI is InChI=1S/C13H11ClN2O2/c1-2-9-15-10-7-4-3-6(14)5-8(7)12(17)13(18)11(10)16-9/h3-5,17-18H,2H2,1H3,(H,15,16). The Morgan fingerprint density at radius 1 is 1.22 bits per heavy atom. The molecule has 5 heteroatoms. The Morgan fingerprint density at radius 3 is 2.72 bits per heavy atom. The van der Waals surface area contributed by atoms with Gasteiger partial charge in [0.1, 0.15) is 16.9 Å². The van der Waals surface area contributed by atoms with Crippen LogP contribution < -0.4 is 0 Å². The van der Waals surface area contributed by atoms with Gasteiger partial charge in [0, 0.05) is 22.2 Å². The van der Waals surface area contributed by atoms with Crippen LogP contribution in [0.1, 0.15) is 12.7 Å². The van der Waals surface area contributed by atoms with E-state index >= 15 is 0 Å². The SMILES string of the molecule is CCc1nc2c([nH]1)c(O)c(O)c1cc(Cl)ccc12. The van der Waals surface area contributed by atoms with E-state index < -0.39 is 0 Å². The number of imidazole rings is 1. The van der Waals surface area contributed by atoms with Gasteiger partial charge in [0.2, 0.25) is 0 Å². The van der Waals surface area contributed by atoms with Crippen LogP contribution in [0, 0.1) is 0 Å². The minimum absolute atomic E-state index is 0.175. The van der Waals surface area contributed by atoms with Gasteiger partial charge in [-0.25, -0.2) is 4.98 Å². The molecular weight excluding hydrogens is 252 g/mol. The summed E-state index contributed by atoms with van der Waals surface area (Å²) in [7, 11) is 0. The van der Waals surface area contributed by atoms with Crippen LogP contribution in [-0.2, 0) is 6.42 Å². The van der Waals surface area contributed by atoms with Crippen molar-refractivity contribution in [1.29, 1.82) is 0 Å². The normalized spacial score (nSPS) is 11.4. The molecule has 0 unspecified atom stereocenters. The molecule has 3 N–H and O–H groups in total. The van der Waals surface area contributed by atoms with Crippen molar-refractivity contribution in [2.75, 3.05) is 0 Å². The van der Waals surface area contributed by atoms with Crippen LogP contribution >= 0.6 is 11.6 Å². The first-order chi connectivity index (χ1) is 8.61. The molecule has 0 atom stereocenters. The van der Waals surface area contributed by atoms with Gasteiger partial charge >= 0.3 is 0 Å². The molecule has 0 aliphatic rings. The lowest BCUT2D eigenvalue weighted by Gasteiger charge is -2.05. The molecule has 0 bridgehead atoms. The van der Waals surface area contributed by atoms with E-state index in [2.05, 4.69) is 9.97 Å². The number of nitrogens with zero attached hydrogens (tertiary/aromatic N) is 1. The van der Waals surface area contributed by atoms with E-state index in [1.54, 1.807) is 18.2 Å². The smallest absolute Gasteiger partial charge is 0.184 e. The van der Waals surface area contributed by atoms with Gasteiger partial charge in [0.05, 0.1) is 0 Å². The van der Waals surface area contributed by atoms with E-state index in [9.17, 15) is 10.2 Å². The third-order valence-corrected chi connectivity index (χ3v) is 3.28. The third kappa shape index (κ3) is 1.42. The van der Waals surface area contributed by atoms with Crippen molar-refractivity contribution in [3.8, 4) is 11.5 Å². The highest BCUT2D eigenvalue weighted by atomic mass is 35.5. The number of aromatic nitrogens is 2. The first-order valence-corrected chi connectivity index (χ1v) is 6.01. The third-order valence-electron chi connectivity index (χ3n) is 3.04. The summed E-state index contributed by atoms with van der Waals surface area (Å²) in [5.74, 6) is 0.403. The Morgan fingerprint density at radius 2 is 2.00 bits per heavy atom. The summed E-state index contributed by atoms with van der Waals surface area (Å²) < 4.78 is 0. The van der Waals surface area contributed by atoms with Gasteiger partial charge in [-0.05, 0) is 12.1 Å². The van der Waals surface area contributed by atoms with Gasteiger partial charge in [0.15, 0.2) is 11.5 Å². The number of nitrogens with one attached hydrogen (secondary N) is 1. The van der Waals surface area contributed by atoms with Crippen molar-refractivity contribution in [2.45, 2.75) is 13.3 Å². The molecule has 92 valence electrons. The molecular formula is C13H11ClN2O2. The molecule has 0 spiro atoms. The Bertz CT molecular complexity index is 765. The lowest BCUT2D eigenvalue weighted by atomic mass is 10.1. The largest absolute Gasteiger partial charge is 0.504 e. The van der Waals surface area contributed by atoms with Gasteiger partial charge in [-0.2, -0.15) is 0 Å². The number of aromatic amines is 1. The summed E-state index contributed by atoms with van der Waals surface area (Å²) in [4.78, 5) is 7.43. The van der Waals surface area contributed by atoms with Crippen LogP contribution in [0.3, 0.4) is 0 Å². The monoisotopic (exact) mass is 262 g/mol. The van der Waals surface area contributed by atoms with E-state index in [0.29, 0.717) is 21.4 Å². The lowest BCUT2D eigenvalue weighted by Crippen LogP contribution is -1.80. The highest BCUT2D eigenvalue weighted by molar-refractivity contribution is 6.31. The Hall–Kier alpha value is -1.94. The van der Waals surface area contributed by atoms with Crippen LogP contribution in [-0.4, -0.2) is 20.2 Å². The highest BCUT2D eigenvalue weighted by Gasteiger charge is 2.16. The van der Waals surface area contributed by atoms with Crippen LogP contribution in [0.5, 0.6) is 11.5 Å². The van der Waals surface area contributed by atoms with Crippen LogP contribution in [0.2, 0.25) is 5.02 Å². The number of benzene rings is 2. The first kappa shape index (κ1) is 11.2. The number of phenolic OH excluding ortho intramolecular Hbond substituents is 2. The van der Waals surface area contributed by atoms with Crippen molar-refractivity contribution in [1.82, 2.24) is 9.97 Å². The second kappa shape index (κ2) is 3.78. The van der Waals surface area contributed by atoms with Crippen molar-refractivity contribution >= 4 is 33.4 Å². The quantitative estimate of drug-likeness (QED) is 0.589. The summed E-state index contributed by atoms with van der Waals surface area (Å²) >= 11 is 5.91. The van der Waals surface area contributed by atoms with Gasteiger partial charge in [-0.1, -0.05) is 24.6 Å². The van der Waals surface area contributed by atoms with Crippen molar-refractivity contribution in [2.24, 2.45) is 0 Å². The molecule has 0 saturated carbocycles. The molecule has 4 nitrogen and oxygen atoms in total. The zero-order chi connectivity index (χ0) is 12.9. The van der Waals surface area contributed by atoms with Crippen LogP contribution in [0.4, 0.5) is 0 Å². The zero-order valence-electron chi connectivity index (χ0n) is 9.66. The fourth-order valence-electron chi connectivity index (χ4n) is 2.12. The molecule has 1 aromatic heterocycles. The molecule has 0 radical (unpaired) electrons. The summed E-state index contributed by atoms with van der Waals surface area (Å²) in [6.45, 7) is 1.97. The van der Waals surface area contributed by atoms with Gasteiger partial charge in [0.25, 0.3) is 0 Å². The molecule has 0 amide bonds. The molecule has 18 heavy (non-hydrogen) atoms. The number of rotatable bonds is 1. The molecule has 0 saturated heterocycles. The Balaban J connectivity index is 2.55. The highest BCUT2D eigenvalue weighted by Crippen LogP contribution is 2.41. The molecule has 0 aliphatic carbocycles. The van der Waals surface area contributed by atoms with Crippen molar-refractivity contribution in [3.63, 3.8) is 0 Å². The maximum Gasteiger partial charge on any atom is 0.184 e. The van der Waals surface area contributed by atoms with Crippen LogP contribution in [0.15, 0.2) is 18.2 Å². The predicted molar refractivity (Wildman–Crippen MR) is 71.3 cm³/mol. The zero-order valence-corrected chi connectivity index (χ0v) is 10.4. The number of fused-ring (bicyclic) bond motifs is 3. The number of H-pyrrole nitrogens is 1. The van der Waals surface area contributed by atoms with E-state index in [-0.39, 0.29) is 11.5 Å². The first-order valence-electron chi connectivity index (χ1n) is 5.63. The molecule has 0 fully saturated rings. The Kier molecular flexibility index (Phi) is 2.35. The number of aryl methyl sites for hydroxylation is 1. The number of hydrogen-bond acceptors (Lipinski definition) is 3. The maximum atomic E-state index is 10.0. The average molecular weight is 263 g/mol. The fourth-order valence-corrected chi connectivity index (χ4v) is 2.29. The number of hydrogen-bond donors (Lipinski definition) is 3. The summed E-state index contributed by atoms with van der Waals surface area (Å²) in [6.07, 6.45) is 0.726. The predicted octanol–water partition coefficient (Wildman–Crippen LogP) is 3.34. The minimum atomic E-state index is -0.188. The van der Waals surface area contributed by atoms with E-state index in [1.165, 1.54) is 0 Å². The van der Waals surface area contributed by atoms with Gasteiger partial charge < -0.3 is 15.2 Å². The minimum Gasteiger partial charge on any atom is -0.504 e. The fraction of sp³-hybridized carbons (Fsp3) is 0.154. The molecule has 0 aliphatic heterocycles. The lowest BCUT2D eigenvalue weighted by molar-refractivity contribution is 0.412. The second-order valence-electron chi connectivity index (χ2n) is 4.15. The second-order valence-corrected chi connectivity index (χ2v) is 4.58. The molecule has 2 aromatic carbocycles. The van der Waals surface area contributed by atoms with E-state index in [4.69, 9.17) is 11.6 Å². The van der Waals surface area contributed by atoms with E-state index in [0.717, 1.165) is 17.6 Å². The van der Waals surface area contributed by atoms with Crippen LogP contribution in [0.25, 0.3) is 21.8 Å². The Labute approximate surface area is 108 Å². The average Bonchev–Trinajstić information content (AvgIpc) is 2.80. The topological polar surface area (TPSA) is 69.1 Å². The van der Waals surface area contributed by atoms with Gasteiger partial charge in [-0.3, -0.25) is 0 Å². The maximum absolute atomic E-state index is 10.0. The number of halogens is 1. The van der Waals surface area contributed by atoms with E-state index in [1.807, 2.05) is 6.92 Å².